The van der Waals surface area contributed by atoms with Crippen LogP contribution in [0.5, 0.6) is 0 Å². The largest absolute Gasteiger partial charge is 0.311 e. The molecule has 1 N–H and O–H groups in total. The summed E-state index contributed by atoms with van der Waals surface area (Å²) in [5.41, 5.74) is 0.904. The number of nitrogens with zero attached hydrogens (tertiary/aromatic N) is 2. The Kier molecular flexibility index (Phi) is 3.58. The van der Waals surface area contributed by atoms with Crippen molar-refractivity contribution in [2.45, 2.75) is 13.5 Å². The molecule has 1 aromatic carbocycles. The lowest BCUT2D eigenvalue weighted by Crippen LogP contribution is -2.11. The second kappa shape index (κ2) is 5.14. The highest BCUT2D eigenvalue weighted by Gasteiger charge is 2.05. The predicted molar refractivity (Wildman–Crippen MR) is 62.7 cm³/mol. The Bertz CT molecular complexity index is 453. The molecule has 5 heteroatoms. The minimum atomic E-state index is -0.235. The van der Waals surface area contributed by atoms with Gasteiger partial charge in [0.25, 0.3) is 0 Å². The molecule has 0 unspecified atom stereocenters. The number of nitrogens with one attached hydrogen (secondary N) is 1. The van der Waals surface area contributed by atoms with E-state index in [9.17, 15) is 4.39 Å². The Morgan fingerprint density at radius 1 is 1.25 bits per heavy atom. The standard InChI is InChI=1S/C11H12FN3S/c1-2-13-7-10-14-15-11(16-10)8-3-5-9(12)6-4-8/h3-6,13H,2,7H2,1H3. The summed E-state index contributed by atoms with van der Waals surface area (Å²) in [5, 5.41) is 13.1. The monoisotopic (exact) mass is 237 g/mol. The van der Waals surface area contributed by atoms with Gasteiger partial charge in [0.1, 0.15) is 15.8 Å². The van der Waals surface area contributed by atoms with Crippen molar-refractivity contribution in [2.24, 2.45) is 0 Å². The van der Waals surface area contributed by atoms with Crippen LogP contribution in [0.25, 0.3) is 10.6 Å². The highest BCUT2D eigenvalue weighted by atomic mass is 32.1. The summed E-state index contributed by atoms with van der Waals surface area (Å²) in [4.78, 5) is 0. The van der Waals surface area contributed by atoms with Crippen molar-refractivity contribution in [2.75, 3.05) is 6.54 Å². The van der Waals surface area contributed by atoms with Crippen LogP contribution in [0.1, 0.15) is 11.9 Å². The number of benzene rings is 1. The third-order valence-corrected chi connectivity index (χ3v) is 3.06. The number of rotatable bonds is 4. The van der Waals surface area contributed by atoms with E-state index in [4.69, 9.17) is 0 Å². The molecule has 0 aliphatic rings. The molecular weight excluding hydrogens is 225 g/mol. The number of hydrogen-bond donors (Lipinski definition) is 1. The van der Waals surface area contributed by atoms with Crippen molar-refractivity contribution in [3.05, 3.63) is 35.1 Å². The molecule has 1 aromatic heterocycles. The molecule has 0 atom stereocenters. The van der Waals surface area contributed by atoms with E-state index in [2.05, 4.69) is 15.5 Å². The van der Waals surface area contributed by atoms with Gasteiger partial charge in [0, 0.05) is 12.1 Å². The average molecular weight is 237 g/mol. The Morgan fingerprint density at radius 2 is 2.00 bits per heavy atom. The smallest absolute Gasteiger partial charge is 0.147 e. The molecule has 0 aliphatic carbocycles. The summed E-state index contributed by atoms with van der Waals surface area (Å²) >= 11 is 1.52. The second-order valence-electron chi connectivity index (χ2n) is 3.29. The number of hydrogen-bond acceptors (Lipinski definition) is 4. The van der Waals surface area contributed by atoms with E-state index >= 15 is 0 Å². The van der Waals surface area contributed by atoms with Gasteiger partial charge in [-0.2, -0.15) is 0 Å². The molecule has 0 amide bonds. The maximum absolute atomic E-state index is 12.7. The van der Waals surface area contributed by atoms with Crippen LogP contribution in [0.2, 0.25) is 0 Å². The summed E-state index contributed by atoms with van der Waals surface area (Å²) in [6.07, 6.45) is 0. The molecule has 84 valence electrons. The molecule has 0 saturated carbocycles. The van der Waals surface area contributed by atoms with E-state index in [-0.39, 0.29) is 5.82 Å². The van der Waals surface area contributed by atoms with Crippen LogP contribution in [-0.4, -0.2) is 16.7 Å². The van der Waals surface area contributed by atoms with E-state index in [1.165, 1.54) is 23.5 Å². The number of aromatic nitrogens is 2. The summed E-state index contributed by atoms with van der Waals surface area (Å²) < 4.78 is 12.7. The highest BCUT2D eigenvalue weighted by Crippen LogP contribution is 2.23. The van der Waals surface area contributed by atoms with Crippen LogP contribution < -0.4 is 5.32 Å². The summed E-state index contributed by atoms with van der Waals surface area (Å²) in [5.74, 6) is -0.235. The van der Waals surface area contributed by atoms with Gasteiger partial charge in [0.2, 0.25) is 0 Å². The topological polar surface area (TPSA) is 37.8 Å². The Labute approximate surface area is 97.3 Å². The molecule has 0 fully saturated rings. The van der Waals surface area contributed by atoms with Gasteiger partial charge >= 0.3 is 0 Å². The van der Waals surface area contributed by atoms with Gasteiger partial charge < -0.3 is 5.32 Å². The highest BCUT2D eigenvalue weighted by molar-refractivity contribution is 7.14. The molecular formula is C11H12FN3S. The molecule has 16 heavy (non-hydrogen) atoms. The zero-order valence-electron chi connectivity index (χ0n) is 8.90. The fourth-order valence-electron chi connectivity index (χ4n) is 1.27. The van der Waals surface area contributed by atoms with Crippen molar-refractivity contribution in [1.29, 1.82) is 0 Å². The quantitative estimate of drug-likeness (QED) is 0.887. The van der Waals surface area contributed by atoms with Crippen molar-refractivity contribution < 1.29 is 4.39 Å². The fraction of sp³-hybridized carbons (Fsp3) is 0.273. The van der Waals surface area contributed by atoms with E-state index < -0.39 is 0 Å². The minimum absolute atomic E-state index is 0.235. The van der Waals surface area contributed by atoms with Gasteiger partial charge in [0.15, 0.2) is 0 Å². The fourth-order valence-corrected chi connectivity index (χ4v) is 2.08. The molecule has 1 heterocycles. The number of halogens is 1. The summed E-state index contributed by atoms with van der Waals surface area (Å²) in [7, 11) is 0. The van der Waals surface area contributed by atoms with Crippen molar-refractivity contribution in [3.8, 4) is 10.6 Å². The molecule has 2 rings (SSSR count). The first-order valence-corrected chi connectivity index (χ1v) is 5.90. The van der Waals surface area contributed by atoms with E-state index in [0.29, 0.717) is 0 Å². The van der Waals surface area contributed by atoms with Gasteiger partial charge in [-0.15, -0.1) is 10.2 Å². The van der Waals surface area contributed by atoms with Crippen LogP contribution in [0.4, 0.5) is 4.39 Å². The molecule has 2 aromatic rings. The average Bonchev–Trinajstić information content (AvgIpc) is 2.76. The minimum Gasteiger partial charge on any atom is -0.311 e. The summed E-state index contributed by atoms with van der Waals surface area (Å²) in [6, 6.07) is 6.29. The Morgan fingerprint density at radius 3 is 2.69 bits per heavy atom. The Balaban J connectivity index is 2.15. The molecule has 0 bridgehead atoms. The van der Waals surface area contributed by atoms with Gasteiger partial charge in [-0.3, -0.25) is 0 Å². The zero-order chi connectivity index (χ0) is 11.4. The van der Waals surface area contributed by atoms with E-state index in [1.807, 2.05) is 6.92 Å². The SMILES string of the molecule is CCNCc1nnc(-c2ccc(F)cc2)s1. The van der Waals surface area contributed by atoms with Gasteiger partial charge in [-0.1, -0.05) is 18.3 Å². The van der Waals surface area contributed by atoms with Crippen LogP contribution in [0.15, 0.2) is 24.3 Å². The molecule has 0 saturated heterocycles. The first kappa shape index (κ1) is 11.2. The van der Waals surface area contributed by atoms with E-state index in [0.717, 1.165) is 28.7 Å². The normalized spacial score (nSPS) is 10.6. The molecule has 0 radical (unpaired) electrons. The van der Waals surface area contributed by atoms with Gasteiger partial charge in [-0.25, -0.2) is 4.39 Å². The third kappa shape index (κ3) is 2.62. The van der Waals surface area contributed by atoms with Gasteiger partial charge in [-0.05, 0) is 30.8 Å². The third-order valence-electron chi connectivity index (χ3n) is 2.08. The van der Waals surface area contributed by atoms with Crippen molar-refractivity contribution in [1.82, 2.24) is 15.5 Å². The Hall–Kier alpha value is -1.33. The van der Waals surface area contributed by atoms with E-state index in [1.54, 1.807) is 12.1 Å². The lowest BCUT2D eigenvalue weighted by atomic mass is 10.2. The lowest BCUT2D eigenvalue weighted by Gasteiger charge is -1.94. The first-order chi connectivity index (χ1) is 7.79. The molecule has 3 nitrogen and oxygen atoms in total. The van der Waals surface area contributed by atoms with Crippen molar-refractivity contribution in [3.63, 3.8) is 0 Å². The zero-order valence-corrected chi connectivity index (χ0v) is 9.72. The second-order valence-corrected chi connectivity index (χ2v) is 4.35. The predicted octanol–water partition coefficient (Wildman–Crippen LogP) is 2.45. The molecule has 0 aliphatic heterocycles. The maximum Gasteiger partial charge on any atom is 0.147 e. The maximum atomic E-state index is 12.7. The van der Waals surface area contributed by atoms with Gasteiger partial charge in [0.05, 0.1) is 0 Å². The molecule has 0 spiro atoms. The van der Waals surface area contributed by atoms with Crippen LogP contribution in [0, 0.1) is 5.82 Å². The van der Waals surface area contributed by atoms with Crippen LogP contribution in [-0.2, 0) is 6.54 Å². The van der Waals surface area contributed by atoms with Crippen LogP contribution in [0.3, 0.4) is 0 Å². The lowest BCUT2D eigenvalue weighted by molar-refractivity contribution is 0.628. The first-order valence-electron chi connectivity index (χ1n) is 5.08. The van der Waals surface area contributed by atoms with Crippen LogP contribution >= 0.6 is 11.3 Å². The van der Waals surface area contributed by atoms with Crippen molar-refractivity contribution >= 4 is 11.3 Å². The summed E-state index contributed by atoms with van der Waals surface area (Å²) in [6.45, 7) is 3.68.